The molecule has 1 amide bonds. The fraction of sp³-hybridized carbons (Fsp3) is 0.304. The van der Waals surface area contributed by atoms with E-state index in [0.29, 0.717) is 6.61 Å². The third-order valence-electron chi connectivity index (χ3n) is 4.62. The maximum absolute atomic E-state index is 13.8. The molecule has 0 bridgehead atoms. The summed E-state index contributed by atoms with van der Waals surface area (Å²) in [5.74, 6) is -0.835. The van der Waals surface area contributed by atoms with Crippen LogP contribution in [0.5, 0.6) is 0 Å². The number of hydrogen-bond donors (Lipinski definition) is 1. The van der Waals surface area contributed by atoms with E-state index in [1.54, 1.807) is 24.3 Å². The number of nitrogens with one attached hydrogen (secondary N) is 1. The van der Waals surface area contributed by atoms with Gasteiger partial charge in [-0.1, -0.05) is 42.0 Å². The van der Waals surface area contributed by atoms with Crippen LogP contribution in [0.4, 0.5) is 13.2 Å². The van der Waals surface area contributed by atoms with Crippen LogP contribution in [-0.4, -0.2) is 21.8 Å². The van der Waals surface area contributed by atoms with E-state index < -0.39 is 23.3 Å². The van der Waals surface area contributed by atoms with E-state index in [-0.39, 0.29) is 18.3 Å². The standard InChI is InChI=1S/C23H24F3N3O2/c1-15(2)31-14-18-8-6-17(7-9-18)12-27-22(30)20-13-28-29(21(20)23(24,25)26)19-10-4-16(3)5-11-19/h4-11,13,15H,12,14H2,1-3H3,(H,27,30). The van der Waals surface area contributed by atoms with Crippen molar-refractivity contribution in [2.24, 2.45) is 0 Å². The maximum atomic E-state index is 13.8. The average molecular weight is 431 g/mol. The Labute approximate surface area is 178 Å². The molecule has 0 aliphatic rings. The van der Waals surface area contributed by atoms with Gasteiger partial charge >= 0.3 is 6.18 Å². The number of carbonyl (C=O) groups excluding carboxylic acids is 1. The number of alkyl halides is 3. The summed E-state index contributed by atoms with van der Waals surface area (Å²) < 4.78 is 47.5. The molecule has 0 aliphatic heterocycles. The Morgan fingerprint density at radius 1 is 1.06 bits per heavy atom. The van der Waals surface area contributed by atoms with Crippen molar-refractivity contribution in [2.75, 3.05) is 0 Å². The number of rotatable bonds is 7. The van der Waals surface area contributed by atoms with Crippen LogP contribution in [-0.2, 0) is 24.1 Å². The predicted octanol–water partition coefficient (Wildman–Crippen LogP) is 5.05. The predicted molar refractivity (Wildman–Crippen MR) is 111 cm³/mol. The van der Waals surface area contributed by atoms with Crippen molar-refractivity contribution in [2.45, 2.75) is 46.2 Å². The molecule has 31 heavy (non-hydrogen) atoms. The molecule has 1 aromatic heterocycles. The molecule has 0 aliphatic carbocycles. The molecule has 8 heteroatoms. The first kappa shape index (κ1) is 22.6. The molecule has 5 nitrogen and oxygen atoms in total. The van der Waals surface area contributed by atoms with Gasteiger partial charge in [-0.15, -0.1) is 0 Å². The van der Waals surface area contributed by atoms with E-state index >= 15 is 0 Å². The van der Waals surface area contributed by atoms with Crippen LogP contribution in [0.3, 0.4) is 0 Å². The number of ether oxygens (including phenoxy) is 1. The normalized spacial score (nSPS) is 11.7. The van der Waals surface area contributed by atoms with Crippen LogP contribution in [0.1, 0.15) is 46.6 Å². The Kier molecular flexibility index (Phi) is 6.80. The summed E-state index contributed by atoms with van der Waals surface area (Å²) in [6.45, 7) is 6.29. The average Bonchev–Trinajstić information content (AvgIpc) is 3.17. The third-order valence-corrected chi connectivity index (χ3v) is 4.62. The van der Waals surface area contributed by atoms with E-state index in [9.17, 15) is 18.0 Å². The summed E-state index contributed by atoms with van der Waals surface area (Å²) in [4.78, 5) is 12.5. The monoisotopic (exact) mass is 431 g/mol. The highest BCUT2D eigenvalue weighted by molar-refractivity contribution is 5.95. The molecule has 0 fully saturated rings. The van der Waals surface area contributed by atoms with Gasteiger partial charge < -0.3 is 10.1 Å². The van der Waals surface area contributed by atoms with Crippen LogP contribution < -0.4 is 5.32 Å². The number of carbonyl (C=O) groups is 1. The molecule has 3 aromatic rings. The molecule has 0 radical (unpaired) electrons. The minimum absolute atomic E-state index is 0.0944. The molecule has 0 saturated carbocycles. The van der Waals surface area contributed by atoms with Crippen molar-refractivity contribution in [1.82, 2.24) is 15.1 Å². The molecule has 0 saturated heterocycles. The lowest BCUT2D eigenvalue weighted by molar-refractivity contribution is -0.143. The summed E-state index contributed by atoms with van der Waals surface area (Å²) in [6.07, 6.45) is -3.68. The quantitative estimate of drug-likeness (QED) is 0.569. The Balaban J connectivity index is 1.75. The number of benzene rings is 2. The SMILES string of the molecule is Cc1ccc(-n2ncc(C(=O)NCc3ccc(COC(C)C)cc3)c2C(F)(F)F)cc1. The highest BCUT2D eigenvalue weighted by atomic mass is 19.4. The fourth-order valence-electron chi connectivity index (χ4n) is 2.96. The molecule has 0 atom stereocenters. The second kappa shape index (κ2) is 9.34. The lowest BCUT2D eigenvalue weighted by atomic mass is 10.1. The highest BCUT2D eigenvalue weighted by Gasteiger charge is 2.40. The lowest BCUT2D eigenvalue weighted by Gasteiger charge is -2.13. The first-order valence-corrected chi connectivity index (χ1v) is 9.85. The van der Waals surface area contributed by atoms with Gasteiger partial charge in [0.15, 0.2) is 5.69 Å². The zero-order valence-corrected chi connectivity index (χ0v) is 17.5. The Morgan fingerprint density at radius 3 is 2.26 bits per heavy atom. The van der Waals surface area contributed by atoms with E-state index in [4.69, 9.17) is 4.74 Å². The Hall–Kier alpha value is -3.13. The maximum Gasteiger partial charge on any atom is 0.434 e. The summed E-state index contributed by atoms with van der Waals surface area (Å²) in [5, 5.41) is 6.37. The molecule has 2 aromatic carbocycles. The van der Waals surface area contributed by atoms with Crippen LogP contribution in [0.15, 0.2) is 54.7 Å². The third kappa shape index (κ3) is 5.73. The van der Waals surface area contributed by atoms with Gasteiger partial charge in [-0.3, -0.25) is 4.79 Å². The van der Waals surface area contributed by atoms with Crippen LogP contribution in [0.2, 0.25) is 0 Å². The van der Waals surface area contributed by atoms with Gasteiger partial charge in [-0.2, -0.15) is 18.3 Å². The fourth-order valence-corrected chi connectivity index (χ4v) is 2.96. The number of amides is 1. The number of halogens is 3. The molecule has 0 spiro atoms. The van der Waals surface area contributed by atoms with Gasteiger partial charge in [0, 0.05) is 6.54 Å². The van der Waals surface area contributed by atoms with Gasteiger partial charge in [0.25, 0.3) is 5.91 Å². The largest absolute Gasteiger partial charge is 0.434 e. The lowest BCUT2D eigenvalue weighted by Crippen LogP contribution is -2.26. The molecular formula is C23H24F3N3O2. The van der Waals surface area contributed by atoms with E-state index in [1.165, 1.54) is 12.1 Å². The van der Waals surface area contributed by atoms with E-state index in [0.717, 1.165) is 27.6 Å². The van der Waals surface area contributed by atoms with Gasteiger partial charge in [-0.05, 0) is 44.0 Å². The first-order valence-electron chi connectivity index (χ1n) is 9.85. The van der Waals surface area contributed by atoms with Crippen LogP contribution in [0, 0.1) is 6.92 Å². The second-order valence-corrected chi connectivity index (χ2v) is 7.51. The smallest absolute Gasteiger partial charge is 0.374 e. The zero-order chi connectivity index (χ0) is 22.6. The number of hydrogen-bond acceptors (Lipinski definition) is 3. The summed E-state index contributed by atoms with van der Waals surface area (Å²) in [7, 11) is 0. The van der Waals surface area contributed by atoms with Crippen molar-refractivity contribution < 1.29 is 22.7 Å². The Bertz CT molecular complexity index is 1020. The highest BCUT2D eigenvalue weighted by Crippen LogP contribution is 2.33. The second-order valence-electron chi connectivity index (χ2n) is 7.51. The van der Waals surface area contributed by atoms with Gasteiger partial charge in [-0.25, -0.2) is 4.68 Å². The molecule has 1 N–H and O–H groups in total. The summed E-state index contributed by atoms with van der Waals surface area (Å²) in [6, 6.07) is 13.8. The van der Waals surface area contributed by atoms with Gasteiger partial charge in [0.05, 0.1) is 30.2 Å². The molecule has 0 unspecified atom stereocenters. The van der Waals surface area contributed by atoms with Gasteiger partial charge in [0.2, 0.25) is 0 Å². The van der Waals surface area contributed by atoms with Crippen molar-refractivity contribution >= 4 is 5.91 Å². The van der Waals surface area contributed by atoms with Crippen molar-refractivity contribution in [1.29, 1.82) is 0 Å². The van der Waals surface area contributed by atoms with E-state index in [2.05, 4.69) is 10.4 Å². The van der Waals surface area contributed by atoms with E-state index in [1.807, 2.05) is 32.9 Å². The van der Waals surface area contributed by atoms with Crippen LogP contribution in [0.25, 0.3) is 5.69 Å². The molecule has 3 rings (SSSR count). The number of aromatic nitrogens is 2. The Morgan fingerprint density at radius 2 is 1.68 bits per heavy atom. The first-order chi connectivity index (χ1) is 14.6. The van der Waals surface area contributed by atoms with Crippen molar-refractivity contribution in [3.05, 3.63) is 82.7 Å². The van der Waals surface area contributed by atoms with Crippen molar-refractivity contribution in [3.63, 3.8) is 0 Å². The van der Waals surface area contributed by atoms with Crippen LogP contribution >= 0.6 is 0 Å². The zero-order valence-electron chi connectivity index (χ0n) is 17.5. The van der Waals surface area contributed by atoms with Crippen molar-refractivity contribution in [3.8, 4) is 5.69 Å². The minimum atomic E-state index is -4.74. The molecular weight excluding hydrogens is 407 g/mol. The number of nitrogens with zero attached hydrogens (tertiary/aromatic N) is 2. The topological polar surface area (TPSA) is 56.2 Å². The number of aryl methyl sites for hydroxylation is 1. The van der Waals surface area contributed by atoms with Gasteiger partial charge in [0.1, 0.15) is 0 Å². The molecule has 1 heterocycles. The molecule has 164 valence electrons. The minimum Gasteiger partial charge on any atom is -0.374 e. The summed E-state index contributed by atoms with van der Waals surface area (Å²) >= 11 is 0. The summed E-state index contributed by atoms with van der Waals surface area (Å²) in [5.41, 5.74) is 1.26.